The first kappa shape index (κ1) is 13.9. The maximum Gasteiger partial charge on any atom is 0.280 e. The third-order valence-electron chi connectivity index (χ3n) is 5.23. The molecule has 2 nitrogen and oxygen atoms in total. The predicted molar refractivity (Wildman–Crippen MR) is 80.1 cm³/mol. The molecule has 1 unspecified atom stereocenters. The zero-order valence-corrected chi connectivity index (χ0v) is 12.5. The molecule has 1 aliphatic carbocycles. The van der Waals surface area contributed by atoms with E-state index in [0.717, 1.165) is 24.1 Å². The van der Waals surface area contributed by atoms with Gasteiger partial charge in [-0.25, -0.2) is 8.78 Å². The molecule has 1 aliphatic heterocycles. The van der Waals surface area contributed by atoms with Gasteiger partial charge in [-0.15, -0.1) is 0 Å². The molecular weight excluding hydrogens is 284 g/mol. The fourth-order valence-electron chi connectivity index (χ4n) is 3.87. The molecule has 0 amide bonds. The largest absolute Gasteiger partial charge is 0.381 e. The van der Waals surface area contributed by atoms with E-state index in [1.807, 2.05) is 35.8 Å². The summed E-state index contributed by atoms with van der Waals surface area (Å²) in [5.41, 5.74) is 3.43. The molecule has 1 aromatic carbocycles. The standard InChI is InChI=1S/C18H19F2NO/c1-12-11-14(17(7-8-17)13-5-3-2-4-6-13)21-10-9-18(19,20)16(22)15(12)21/h2-6,11,16,22H,7-10H2,1H3. The van der Waals surface area contributed by atoms with Crippen LogP contribution in [0.25, 0.3) is 0 Å². The van der Waals surface area contributed by atoms with Crippen molar-refractivity contribution in [1.29, 1.82) is 0 Å². The number of halogens is 2. The first-order valence-corrected chi connectivity index (χ1v) is 7.78. The van der Waals surface area contributed by atoms with Gasteiger partial charge in [0, 0.05) is 24.1 Å². The summed E-state index contributed by atoms with van der Waals surface area (Å²) in [5.74, 6) is -3.03. The number of aryl methyl sites for hydroxylation is 1. The molecule has 1 N–H and O–H groups in total. The number of aliphatic hydroxyl groups excluding tert-OH is 1. The van der Waals surface area contributed by atoms with Gasteiger partial charge in [-0.1, -0.05) is 30.3 Å². The number of rotatable bonds is 2. The van der Waals surface area contributed by atoms with Crippen LogP contribution in [0.15, 0.2) is 36.4 Å². The predicted octanol–water partition coefficient (Wildman–Crippen LogP) is 3.95. The second kappa shape index (κ2) is 4.42. The van der Waals surface area contributed by atoms with E-state index in [4.69, 9.17) is 0 Å². The Morgan fingerprint density at radius 2 is 1.82 bits per heavy atom. The molecule has 2 heterocycles. The number of aliphatic hydroxyl groups is 1. The van der Waals surface area contributed by atoms with Crippen LogP contribution in [-0.4, -0.2) is 15.6 Å². The van der Waals surface area contributed by atoms with Crippen molar-refractivity contribution in [1.82, 2.24) is 4.57 Å². The molecule has 1 atom stereocenters. The highest BCUT2D eigenvalue weighted by molar-refractivity contribution is 5.46. The number of aromatic nitrogens is 1. The van der Waals surface area contributed by atoms with Gasteiger partial charge in [0.05, 0.1) is 5.69 Å². The van der Waals surface area contributed by atoms with E-state index >= 15 is 0 Å². The summed E-state index contributed by atoms with van der Waals surface area (Å²) in [4.78, 5) is 0. The molecule has 0 bridgehead atoms. The number of alkyl halides is 2. The Morgan fingerprint density at radius 1 is 1.14 bits per heavy atom. The molecule has 0 spiro atoms. The van der Waals surface area contributed by atoms with Crippen molar-refractivity contribution in [3.05, 3.63) is 58.9 Å². The van der Waals surface area contributed by atoms with E-state index in [1.54, 1.807) is 0 Å². The summed E-state index contributed by atoms with van der Waals surface area (Å²) in [6.07, 6.45) is 0.0768. The van der Waals surface area contributed by atoms with Crippen LogP contribution in [0, 0.1) is 6.92 Å². The molecule has 4 rings (SSSR count). The van der Waals surface area contributed by atoms with Crippen molar-refractivity contribution in [2.45, 2.75) is 50.2 Å². The summed E-state index contributed by atoms with van der Waals surface area (Å²) in [6.45, 7) is 2.10. The monoisotopic (exact) mass is 303 g/mol. The van der Waals surface area contributed by atoms with Crippen LogP contribution in [0.2, 0.25) is 0 Å². The Labute approximate surface area is 128 Å². The van der Waals surface area contributed by atoms with Crippen molar-refractivity contribution >= 4 is 0 Å². The van der Waals surface area contributed by atoms with E-state index < -0.39 is 12.0 Å². The van der Waals surface area contributed by atoms with Crippen molar-refractivity contribution in [2.75, 3.05) is 0 Å². The minimum absolute atomic E-state index is 0.0589. The highest BCUT2D eigenvalue weighted by Gasteiger charge is 2.52. The highest BCUT2D eigenvalue weighted by atomic mass is 19.3. The molecule has 0 radical (unpaired) electrons. The van der Waals surface area contributed by atoms with Crippen molar-refractivity contribution in [3.8, 4) is 0 Å². The Bertz CT molecular complexity index is 716. The number of nitrogens with zero attached hydrogens (tertiary/aromatic N) is 1. The molecule has 116 valence electrons. The smallest absolute Gasteiger partial charge is 0.280 e. The lowest BCUT2D eigenvalue weighted by Gasteiger charge is -2.32. The van der Waals surface area contributed by atoms with E-state index in [-0.39, 0.29) is 18.4 Å². The van der Waals surface area contributed by atoms with Crippen LogP contribution in [0.3, 0.4) is 0 Å². The lowest BCUT2D eigenvalue weighted by atomic mass is 9.92. The molecular formula is C18H19F2NO. The van der Waals surface area contributed by atoms with Crippen molar-refractivity contribution < 1.29 is 13.9 Å². The summed E-state index contributed by atoms with van der Waals surface area (Å²) in [5, 5.41) is 10.1. The normalized spacial score (nSPS) is 24.8. The van der Waals surface area contributed by atoms with Gasteiger partial charge in [-0.05, 0) is 37.0 Å². The van der Waals surface area contributed by atoms with Crippen molar-refractivity contribution in [3.63, 3.8) is 0 Å². The Kier molecular flexibility index (Phi) is 2.80. The molecule has 22 heavy (non-hydrogen) atoms. The van der Waals surface area contributed by atoms with E-state index in [1.165, 1.54) is 5.56 Å². The summed E-state index contributed by atoms with van der Waals surface area (Å²) in [7, 11) is 0. The fourth-order valence-corrected chi connectivity index (χ4v) is 3.87. The van der Waals surface area contributed by atoms with E-state index in [9.17, 15) is 13.9 Å². The molecule has 2 aromatic rings. The second-order valence-corrected chi connectivity index (χ2v) is 6.61. The van der Waals surface area contributed by atoms with Gasteiger partial charge in [-0.3, -0.25) is 0 Å². The zero-order chi connectivity index (χ0) is 15.5. The van der Waals surface area contributed by atoms with Crippen molar-refractivity contribution in [2.24, 2.45) is 0 Å². The lowest BCUT2D eigenvalue weighted by Crippen LogP contribution is -2.36. The third kappa shape index (κ3) is 1.80. The number of hydrogen-bond acceptors (Lipinski definition) is 1. The van der Waals surface area contributed by atoms with Crippen LogP contribution in [-0.2, 0) is 12.0 Å². The van der Waals surface area contributed by atoms with Crippen LogP contribution < -0.4 is 0 Å². The van der Waals surface area contributed by atoms with Gasteiger partial charge in [0.25, 0.3) is 5.92 Å². The molecule has 0 saturated heterocycles. The lowest BCUT2D eigenvalue weighted by molar-refractivity contribution is -0.131. The topological polar surface area (TPSA) is 25.2 Å². The van der Waals surface area contributed by atoms with Gasteiger partial charge in [0.1, 0.15) is 0 Å². The molecule has 1 fully saturated rings. The minimum Gasteiger partial charge on any atom is -0.381 e. The average molecular weight is 303 g/mol. The quantitative estimate of drug-likeness (QED) is 0.893. The first-order valence-electron chi connectivity index (χ1n) is 7.78. The Balaban J connectivity index is 1.85. The van der Waals surface area contributed by atoms with Gasteiger partial charge in [-0.2, -0.15) is 0 Å². The number of benzene rings is 1. The van der Waals surface area contributed by atoms with Gasteiger partial charge in [0.2, 0.25) is 0 Å². The van der Waals surface area contributed by atoms with E-state index in [0.29, 0.717) is 5.69 Å². The average Bonchev–Trinajstić information content (AvgIpc) is 3.24. The molecule has 2 aliphatic rings. The van der Waals surface area contributed by atoms with Crippen LogP contribution in [0.1, 0.15) is 47.9 Å². The second-order valence-electron chi connectivity index (χ2n) is 6.61. The summed E-state index contributed by atoms with van der Waals surface area (Å²) >= 11 is 0. The molecule has 4 heteroatoms. The van der Waals surface area contributed by atoms with Gasteiger partial charge >= 0.3 is 0 Å². The summed E-state index contributed by atoms with van der Waals surface area (Å²) < 4.78 is 29.6. The zero-order valence-electron chi connectivity index (χ0n) is 12.5. The Hall–Kier alpha value is -1.68. The van der Waals surface area contributed by atoms with Crippen LogP contribution in [0.5, 0.6) is 0 Å². The first-order chi connectivity index (χ1) is 10.5. The van der Waals surface area contributed by atoms with Crippen LogP contribution in [0.4, 0.5) is 8.78 Å². The summed E-state index contributed by atoms with van der Waals surface area (Å²) in [6, 6.07) is 12.2. The molecule has 1 aromatic heterocycles. The molecule has 1 saturated carbocycles. The maximum atomic E-state index is 13.8. The SMILES string of the molecule is Cc1cc(C2(c3ccccc3)CC2)n2c1C(O)C(F)(F)CC2. The number of fused-ring (bicyclic) bond motifs is 1. The third-order valence-corrected chi connectivity index (χ3v) is 5.23. The van der Waals surface area contributed by atoms with Crippen LogP contribution >= 0.6 is 0 Å². The Morgan fingerprint density at radius 3 is 2.45 bits per heavy atom. The van der Waals surface area contributed by atoms with Gasteiger partial charge in [0.15, 0.2) is 6.10 Å². The number of hydrogen-bond donors (Lipinski definition) is 1. The highest BCUT2D eigenvalue weighted by Crippen LogP contribution is 2.55. The maximum absolute atomic E-state index is 13.8. The minimum atomic E-state index is -3.03. The van der Waals surface area contributed by atoms with Gasteiger partial charge < -0.3 is 9.67 Å². The van der Waals surface area contributed by atoms with E-state index in [2.05, 4.69) is 12.1 Å². The fraction of sp³-hybridized carbons (Fsp3) is 0.444.